The molecule has 0 radical (unpaired) electrons. The molecule has 0 saturated carbocycles. The van der Waals surface area contributed by atoms with Crippen LogP contribution in [0.15, 0.2) is 182 Å². The molecular formula is C56H42N2. The Morgan fingerprint density at radius 1 is 0.310 bits per heavy atom. The van der Waals surface area contributed by atoms with Gasteiger partial charge < -0.3 is 0 Å². The SMILES string of the molecule is CC1(C)c2ccccc2-c2ccc(-c3cc(-c4ccc(-c5cccc(-c6cccc7c6-c6ccccc6C7(C)C)c5)c5ccccc45)nc(-c4ccccc4)n3)cc21. The van der Waals surface area contributed by atoms with E-state index in [-0.39, 0.29) is 10.8 Å². The highest BCUT2D eigenvalue weighted by molar-refractivity contribution is 6.05. The van der Waals surface area contributed by atoms with Gasteiger partial charge in [0, 0.05) is 27.5 Å². The van der Waals surface area contributed by atoms with E-state index in [1.165, 1.54) is 72.1 Å². The summed E-state index contributed by atoms with van der Waals surface area (Å²) in [6.07, 6.45) is 0. The Morgan fingerprint density at radius 3 is 1.62 bits per heavy atom. The molecule has 11 rings (SSSR count). The molecule has 276 valence electrons. The van der Waals surface area contributed by atoms with Crippen molar-refractivity contribution < 1.29 is 0 Å². The van der Waals surface area contributed by atoms with E-state index in [9.17, 15) is 0 Å². The number of hydrogen-bond acceptors (Lipinski definition) is 2. The van der Waals surface area contributed by atoms with Gasteiger partial charge in [0.25, 0.3) is 0 Å². The quantitative estimate of drug-likeness (QED) is 0.175. The van der Waals surface area contributed by atoms with Crippen LogP contribution in [0.25, 0.3) is 89.2 Å². The van der Waals surface area contributed by atoms with Crippen molar-refractivity contribution in [3.8, 4) is 78.4 Å². The first kappa shape index (κ1) is 34.4. The molecule has 1 aromatic heterocycles. The van der Waals surface area contributed by atoms with Gasteiger partial charge in [0.05, 0.1) is 11.4 Å². The first-order valence-corrected chi connectivity index (χ1v) is 20.3. The Morgan fingerprint density at radius 2 is 0.828 bits per heavy atom. The van der Waals surface area contributed by atoms with Gasteiger partial charge in [-0.25, -0.2) is 9.97 Å². The van der Waals surface area contributed by atoms with Gasteiger partial charge in [-0.2, -0.15) is 0 Å². The smallest absolute Gasteiger partial charge is 0.160 e. The summed E-state index contributed by atoms with van der Waals surface area (Å²) in [5.74, 6) is 0.720. The minimum Gasteiger partial charge on any atom is -0.228 e. The Bertz CT molecular complexity index is 3110. The van der Waals surface area contributed by atoms with E-state index in [1.807, 2.05) is 6.07 Å². The molecule has 2 aliphatic carbocycles. The first-order chi connectivity index (χ1) is 28.3. The van der Waals surface area contributed by atoms with E-state index in [4.69, 9.17) is 9.97 Å². The lowest BCUT2D eigenvalue weighted by molar-refractivity contribution is 0.660. The normalized spacial score (nSPS) is 14.1. The van der Waals surface area contributed by atoms with Crippen molar-refractivity contribution in [2.24, 2.45) is 0 Å². The number of rotatable bonds is 5. The van der Waals surface area contributed by atoms with Crippen LogP contribution in [-0.4, -0.2) is 9.97 Å². The number of hydrogen-bond donors (Lipinski definition) is 0. The average molecular weight is 743 g/mol. The van der Waals surface area contributed by atoms with Crippen molar-refractivity contribution in [1.29, 1.82) is 0 Å². The van der Waals surface area contributed by atoms with Gasteiger partial charge in [-0.1, -0.05) is 191 Å². The molecule has 0 bridgehead atoms. The van der Waals surface area contributed by atoms with Crippen LogP contribution in [0.5, 0.6) is 0 Å². The van der Waals surface area contributed by atoms with Crippen LogP contribution in [0.1, 0.15) is 49.9 Å². The van der Waals surface area contributed by atoms with Crippen LogP contribution in [0.3, 0.4) is 0 Å². The minimum atomic E-state index is -0.106. The Balaban J connectivity index is 1.05. The third kappa shape index (κ3) is 5.18. The van der Waals surface area contributed by atoms with E-state index in [2.05, 4.69) is 204 Å². The molecule has 0 aliphatic heterocycles. The van der Waals surface area contributed by atoms with E-state index in [1.54, 1.807) is 0 Å². The molecule has 0 spiro atoms. The van der Waals surface area contributed by atoms with E-state index in [0.717, 1.165) is 39.3 Å². The van der Waals surface area contributed by atoms with Gasteiger partial charge in [-0.05, 0) is 95.7 Å². The second kappa shape index (κ2) is 12.8. The minimum absolute atomic E-state index is 0.0458. The molecule has 2 heteroatoms. The zero-order chi connectivity index (χ0) is 39.2. The lowest BCUT2D eigenvalue weighted by Crippen LogP contribution is -2.14. The van der Waals surface area contributed by atoms with Crippen LogP contribution >= 0.6 is 0 Å². The van der Waals surface area contributed by atoms with Crippen molar-refractivity contribution in [2.75, 3.05) is 0 Å². The molecule has 58 heavy (non-hydrogen) atoms. The van der Waals surface area contributed by atoms with Gasteiger partial charge in [0.2, 0.25) is 0 Å². The summed E-state index contributed by atoms with van der Waals surface area (Å²) in [6.45, 7) is 9.36. The molecule has 0 fully saturated rings. The summed E-state index contributed by atoms with van der Waals surface area (Å²) < 4.78 is 0. The zero-order valence-corrected chi connectivity index (χ0v) is 33.2. The Labute approximate surface area is 340 Å². The summed E-state index contributed by atoms with van der Waals surface area (Å²) in [6, 6.07) is 66.3. The van der Waals surface area contributed by atoms with Crippen LogP contribution in [0.2, 0.25) is 0 Å². The summed E-state index contributed by atoms with van der Waals surface area (Å²) >= 11 is 0. The maximum absolute atomic E-state index is 5.29. The lowest BCUT2D eigenvalue weighted by Gasteiger charge is -2.22. The van der Waals surface area contributed by atoms with Crippen molar-refractivity contribution in [3.63, 3.8) is 0 Å². The summed E-state index contributed by atoms with van der Waals surface area (Å²) in [4.78, 5) is 10.5. The number of fused-ring (bicyclic) bond motifs is 7. The fraction of sp³-hybridized carbons (Fsp3) is 0.107. The predicted octanol–water partition coefficient (Wildman–Crippen LogP) is 14.6. The second-order valence-electron chi connectivity index (χ2n) is 16.9. The second-order valence-corrected chi connectivity index (χ2v) is 16.9. The third-order valence-electron chi connectivity index (χ3n) is 12.9. The van der Waals surface area contributed by atoms with E-state index in [0.29, 0.717) is 0 Å². The van der Waals surface area contributed by atoms with E-state index >= 15 is 0 Å². The number of benzene rings is 8. The van der Waals surface area contributed by atoms with Crippen LogP contribution in [0, 0.1) is 0 Å². The topological polar surface area (TPSA) is 25.8 Å². The fourth-order valence-electron chi connectivity index (χ4n) is 9.94. The first-order valence-electron chi connectivity index (χ1n) is 20.3. The lowest BCUT2D eigenvalue weighted by atomic mass is 9.82. The van der Waals surface area contributed by atoms with Gasteiger partial charge >= 0.3 is 0 Å². The molecule has 1 heterocycles. The molecule has 2 nitrogen and oxygen atoms in total. The summed E-state index contributed by atoms with van der Waals surface area (Å²) in [5.41, 5.74) is 20.5. The fourth-order valence-corrected chi connectivity index (χ4v) is 9.94. The Kier molecular flexibility index (Phi) is 7.59. The monoisotopic (exact) mass is 742 g/mol. The van der Waals surface area contributed by atoms with Gasteiger partial charge in [-0.15, -0.1) is 0 Å². The van der Waals surface area contributed by atoms with E-state index < -0.39 is 0 Å². The molecule has 0 saturated heterocycles. The number of aromatic nitrogens is 2. The maximum atomic E-state index is 5.29. The maximum Gasteiger partial charge on any atom is 0.160 e. The van der Waals surface area contributed by atoms with Gasteiger partial charge in [-0.3, -0.25) is 0 Å². The molecule has 0 atom stereocenters. The predicted molar refractivity (Wildman–Crippen MR) is 242 cm³/mol. The molecule has 0 amide bonds. The highest BCUT2D eigenvalue weighted by atomic mass is 14.9. The standard InChI is InChI=1S/C56H42N2/c1-55(2)48-26-13-11-23-46(48)53-40(24-15-27-49(53)55)37-19-14-18-36(32-37)39-30-31-45(42-21-9-8-20-41(39)42)52-34-51(57-54(58-52)35-16-6-5-7-17-35)38-28-29-44-43-22-10-12-25-47(43)56(3,4)50(44)33-38/h5-34H,1-4H3. The molecule has 0 N–H and O–H groups in total. The third-order valence-corrected chi connectivity index (χ3v) is 12.9. The molecule has 9 aromatic rings. The average Bonchev–Trinajstić information content (AvgIpc) is 3.65. The highest BCUT2D eigenvalue weighted by Crippen LogP contribution is 2.53. The van der Waals surface area contributed by atoms with Crippen LogP contribution in [-0.2, 0) is 10.8 Å². The number of nitrogens with zero attached hydrogens (tertiary/aromatic N) is 2. The van der Waals surface area contributed by atoms with Crippen LogP contribution in [0.4, 0.5) is 0 Å². The van der Waals surface area contributed by atoms with Crippen molar-refractivity contribution >= 4 is 10.8 Å². The summed E-state index contributed by atoms with van der Waals surface area (Å²) in [7, 11) is 0. The summed E-state index contributed by atoms with van der Waals surface area (Å²) in [5, 5.41) is 2.36. The molecule has 8 aromatic carbocycles. The van der Waals surface area contributed by atoms with Crippen molar-refractivity contribution in [2.45, 2.75) is 38.5 Å². The largest absolute Gasteiger partial charge is 0.228 e. The van der Waals surface area contributed by atoms with Gasteiger partial charge in [0.15, 0.2) is 5.82 Å². The molecular weight excluding hydrogens is 701 g/mol. The highest BCUT2D eigenvalue weighted by Gasteiger charge is 2.37. The zero-order valence-electron chi connectivity index (χ0n) is 33.2. The van der Waals surface area contributed by atoms with Crippen LogP contribution < -0.4 is 0 Å². The van der Waals surface area contributed by atoms with Crippen molar-refractivity contribution in [1.82, 2.24) is 9.97 Å². The Hall–Kier alpha value is -6.90. The van der Waals surface area contributed by atoms with Gasteiger partial charge in [0.1, 0.15) is 0 Å². The van der Waals surface area contributed by atoms with Crippen molar-refractivity contribution in [3.05, 3.63) is 204 Å². The molecule has 2 aliphatic rings. The molecule has 0 unspecified atom stereocenters.